The first-order valence-electron chi connectivity index (χ1n) is 4.41. The topological polar surface area (TPSA) is 24.7 Å². The van der Waals surface area contributed by atoms with E-state index in [9.17, 15) is 0 Å². The van der Waals surface area contributed by atoms with Crippen molar-refractivity contribution in [3.05, 3.63) is 48.0 Å². The molecule has 0 fully saturated rings. The van der Waals surface area contributed by atoms with E-state index < -0.39 is 5.12 Å². The van der Waals surface area contributed by atoms with Gasteiger partial charge in [-0.15, -0.1) is 10.2 Å². The van der Waals surface area contributed by atoms with E-state index in [1.807, 2.05) is 30.3 Å². The lowest BCUT2D eigenvalue weighted by molar-refractivity contribution is 0.954. The molecule has 0 N–H and O–H groups in total. The Morgan fingerprint density at radius 1 is 0.929 bits per heavy atom. The predicted molar refractivity (Wildman–Crippen MR) is 56.3 cm³/mol. The van der Waals surface area contributed by atoms with Crippen molar-refractivity contribution in [3.63, 3.8) is 0 Å². The number of rotatable bonds is 1. The molecule has 0 bridgehead atoms. The van der Waals surface area contributed by atoms with Crippen LogP contribution in [0.5, 0.6) is 0 Å². The van der Waals surface area contributed by atoms with Gasteiger partial charge in [0.05, 0.1) is 0 Å². The molecule has 2 aromatic rings. The molecule has 1 heterocycles. The predicted octanol–water partition coefficient (Wildman–Crippen LogP) is 3.65. The van der Waals surface area contributed by atoms with Crippen molar-refractivity contribution in [1.82, 2.24) is 0 Å². The average molecular weight is 203 g/mol. The highest BCUT2D eigenvalue weighted by atomic mass is 35.5. The summed E-state index contributed by atoms with van der Waals surface area (Å²) in [6, 6.07) is 14.1. The number of hydrogen-bond acceptors (Lipinski definition) is 2. The van der Waals surface area contributed by atoms with Gasteiger partial charge in [0.2, 0.25) is 0 Å². The quantitative estimate of drug-likeness (QED) is 0.498. The van der Waals surface area contributed by atoms with Gasteiger partial charge in [-0.25, -0.2) is 0 Å². The molecular weight excluding hydrogens is 196 g/mol. The van der Waals surface area contributed by atoms with Gasteiger partial charge < -0.3 is 0 Å². The summed E-state index contributed by atoms with van der Waals surface area (Å²) in [5.41, 5.74) is 0.970. The highest BCUT2D eigenvalue weighted by Gasteiger charge is 2.40. The maximum Gasteiger partial charge on any atom is 0.289 e. The van der Waals surface area contributed by atoms with Gasteiger partial charge in [0.15, 0.2) is 0 Å². The van der Waals surface area contributed by atoms with Crippen LogP contribution >= 0.6 is 11.6 Å². The largest absolute Gasteiger partial charge is 0.289 e. The Balaban J connectivity index is 2.33. The first-order chi connectivity index (χ1) is 6.80. The van der Waals surface area contributed by atoms with Crippen LogP contribution in [-0.4, -0.2) is 0 Å². The minimum atomic E-state index is -0.805. The summed E-state index contributed by atoms with van der Waals surface area (Å²) < 4.78 is 0. The van der Waals surface area contributed by atoms with Crippen molar-refractivity contribution >= 4 is 22.4 Å². The molecule has 68 valence electrons. The third-order valence-corrected chi connectivity index (χ3v) is 2.76. The molecule has 0 saturated carbocycles. The molecule has 3 rings (SSSR count). The van der Waals surface area contributed by atoms with Gasteiger partial charge in [0.25, 0.3) is 5.12 Å². The minimum Gasteiger partial charge on any atom is -0.135 e. The Labute approximate surface area is 86.2 Å². The zero-order valence-corrected chi connectivity index (χ0v) is 8.07. The van der Waals surface area contributed by atoms with Gasteiger partial charge in [0, 0.05) is 5.56 Å². The molecule has 0 unspecified atom stereocenters. The van der Waals surface area contributed by atoms with Gasteiger partial charge in [-0.3, -0.25) is 0 Å². The van der Waals surface area contributed by atoms with Crippen LogP contribution in [0.4, 0.5) is 0 Å². The highest BCUT2D eigenvalue weighted by Crippen LogP contribution is 2.46. The van der Waals surface area contributed by atoms with E-state index in [0.29, 0.717) is 0 Å². The molecule has 3 heteroatoms. The van der Waals surface area contributed by atoms with E-state index in [-0.39, 0.29) is 0 Å². The number of alkyl halides is 1. The van der Waals surface area contributed by atoms with Crippen LogP contribution in [-0.2, 0) is 5.12 Å². The third-order valence-electron chi connectivity index (χ3n) is 2.41. The molecule has 0 saturated heterocycles. The molecule has 2 aromatic carbocycles. The number of hydrogen-bond donors (Lipinski definition) is 0. The van der Waals surface area contributed by atoms with Crippen LogP contribution in [0.3, 0.4) is 0 Å². The van der Waals surface area contributed by atoms with Crippen molar-refractivity contribution in [2.45, 2.75) is 5.12 Å². The summed E-state index contributed by atoms with van der Waals surface area (Å²) in [5, 5.41) is 9.17. The monoisotopic (exact) mass is 202 g/mol. The zero-order valence-electron chi connectivity index (χ0n) is 7.31. The van der Waals surface area contributed by atoms with Crippen molar-refractivity contribution < 1.29 is 0 Å². The number of halogens is 1. The Bertz CT molecular complexity index is 522. The lowest BCUT2D eigenvalue weighted by Gasteiger charge is -2.06. The highest BCUT2D eigenvalue weighted by molar-refractivity contribution is 6.25. The Hall–Kier alpha value is -1.41. The van der Waals surface area contributed by atoms with Gasteiger partial charge in [-0.05, 0) is 10.8 Å². The number of benzene rings is 2. The van der Waals surface area contributed by atoms with E-state index in [1.165, 1.54) is 5.39 Å². The zero-order chi connectivity index (χ0) is 9.60. The molecule has 0 aromatic heterocycles. The molecule has 1 aliphatic rings. The average Bonchev–Trinajstić information content (AvgIpc) is 2.97. The van der Waals surface area contributed by atoms with E-state index in [1.54, 1.807) is 0 Å². The van der Waals surface area contributed by atoms with E-state index >= 15 is 0 Å². The second kappa shape index (κ2) is 2.55. The Kier molecular flexibility index (Phi) is 1.45. The molecule has 0 radical (unpaired) electrons. The Morgan fingerprint density at radius 3 is 2.43 bits per heavy atom. The molecule has 0 amide bonds. The molecular formula is C11H7ClN2. The standard InChI is InChI=1S/C11H7ClN2/c12-11(13-14-11)10-7-3-5-8-4-1-2-6-9(8)10/h1-7H. The smallest absolute Gasteiger partial charge is 0.135 e. The molecule has 0 spiro atoms. The summed E-state index contributed by atoms with van der Waals surface area (Å²) in [4.78, 5) is 0. The van der Waals surface area contributed by atoms with Crippen LogP contribution in [0.2, 0.25) is 0 Å². The first kappa shape index (κ1) is 7.94. The fourth-order valence-electron chi connectivity index (χ4n) is 1.65. The SMILES string of the molecule is ClC1(c2cccc3ccccc23)N=N1. The summed E-state index contributed by atoms with van der Waals surface area (Å²) in [6.45, 7) is 0. The summed E-state index contributed by atoms with van der Waals surface area (Å²) in [5.74, 6) is 0. The molecule has 14 heavy (non-hydrogen) atoms. The first-order valence-corrected chi connectivity index (χ1v) is 4.79. The summed E-state index contributed by atoms with van der Waals surface area (Å²) in [6.07, 6.45) is 0. The number of nitrogens with zero attached hydrogens (tertiary/aromatic N) is 2. The molecule has 0 atom stereocenters. The van der Waals surface area contributed by atoms with Gasteiger partial charge in [-0.2, -0.15) is 0 Å². The second-order valence-corrected chi connectivity index (χ2v) is 3.84. The van der Waals surface area contributed by atoms with Gasteiger partial charge >= 0.3 is 0 Å². The maximum absolute atomic E-state index is 6.12. The van der Waals surface area contributed by atoms with Crippen molar-refractivity contribution in [3.8, 4) is 0 Å². The van der Waals surface area contributed by atoms with Crippen LogP contribution in [0.1, 0.15) is 5.56 Å². The van der Waals surface area contributed by atoms with E-state index in [4.69, 9.17) is 11.6 Å². The molecule has 1 aliphatic heterocycles. The lowest BCUT2D eigenvalue weighted by atomic mass is 10.0. The third kappa shape index (κ3) is 1.04. The fraction of sp³-hybridized carbons (Fsp3) is 0.0909. The van der Waals surface area contributed by atoms with Gasteiger partial charge in [0.1, 0.15) is 0 Å². The van der Waals surface area contributed by atoms with Crippen LogP contribution in [0, 0.1) is 0 Å². The van der Waals surface area contributed by atoms with Crippen molar-refractivity contribution in [1.29, 1.82) is 0 Å². The lowest BCUT2D eigenvalue weighted by Crippen LogP contribution is -1.98. The van der Waals surface area contributed by atoms with Crippen LogP contribution < -0.4 is 0 Å². The second-order valence-electron chi connectivity index (χ2n) is 3.31. The molecule has 2 nitrogen and oxygen atoms in total. The van der Waals surface area contributed by atoms with E-state index in [0.717, 1.165) is 10.9 Å². The van der Waals surface area contributed by atoms with Crippen molar-refractivity contribution in [2.24, 2.45) is 10.2 Å². The van der Waals surface area contributed by atoms with E-state index in [2.05, 4.69) is 22.4 Å². The minimum absolute atomic E-state index is 0.805. The van der Waals surface area contributed by atoms with Crippen LogP contribution in [0.15, 0.2) is 52.7 Å². The normalized spacial score (nSPS) is 17.2. The summed E-state index contributed by atoms with van der Waals surface area (Å²) >= 11 is 6.12. The molecule has 0 aliphatic carbocycles. The van der Waals surface area contributed by atoms with Crippen molar-refractivity contribution in [2.75, 3.05) is 0 Å². The summed E-state index contributed by atoms with van der Waals surface area (Å²) in [7, 11) is 0. The maximum atomic E-state index is 6.12. The number of fused-ring (bicyclic) bond motifs is 1. The van der Waals surface area contributed by atoms with Crippen LogP contribution in [0.25, 0.3) is 10.8 Å². The fourth-order valence-corrected chi connectivity index (χ4v) is 1.86. The van der Waals surface area contributed by atoms with Gasteiger partial charge in [-0.1, -0.05) is 54.1 Å². The Morgan fingerprint density at radius 2 is 1.64 bits per heavy atom.